The van der Waals surface area contributed by atoms with Gasteiger partial charge in [-0.15, -0.1) is 0 Å². The monoisotopic (exact) mass is 222 g/mol. The Morgan fingerprint density at radius 2 is 2.00 bits per heavy atom. The van der Waals surface area contributed by atoms with Crippen molar-refractivity contribution in [3.05, 3.63) is 34.9 Å². The summed E-state index contributed by atoms with van der Waals surface area (Å²) in [5.41, 5.74) is 1.70. The van der Waals surface area contributed by atoms with Crippen LogP contribution in [0.3, 0.4) is 0 Å². The van der Waals surface area contributed by atoms with Crippen LogP contribution in [0.25, 0.3) is 0 Å². The molecule has 4 nitrogen and oxygen atoms in total. The van der Waals surface area contributed by atoms with Gasteiger partial charge in [-0.05, 0) is 31.0 Å². The fraction of sp³-hybridized carbons (Fsp3) is 0.333. The quantitative estimate of drug-likeness (QED) is 0.620. The van der Waals surface area contributed by atoms with Crippen LogP contribution in [0.15, 0.2) is 18.2 Å². The molecule has 0 spiro atoms. The minimum Gasteiger partial charge on any atom is -0.467 e. The van der Waals surface area contributed by atoms with Crippen molar-refractivity contribution >= 4 is 11.8 Å². The van der Waals surface area contributed by atoms with Gasteiger partial charge in [0, 0.05) is 5.56 Å². The van der Waals surface area contributed by atoms with Gasteiger partial charge in [0.05, 0.1) is 7.11 Å². The first-order valence-electron chi connectivity index (χ1n) is 4.84. The normalized spacial score (nSPS) is 12.0. The van der Waals surface area contributed by atoms with Gasteiger partial charge in [-0.1, -0.05) is 12.1 Å². The molecule has 0 aromatic heterocycles. The molecule has 86 valence electrons. The van der Waals surface area contributed by atoms with E-state index in [0.29, 0.717) is 16.7 Å². The highest BCUT2D eigenvalue weighted by atomic mass is 16.5. The third kappa shape index (κ3) is 2.46. The molecule has 1 aromatic rings. The molecule has 0 saturated heterocycles. The van der Waals surface area contributed by atoms with Crippen LogP contribution in [0.5, 0.6) is 0 Å². The minimum atomic E-state index is -1.30. The molecule has 0 aliphatic carbocycles. The SMILES string of the molecule is COC(=O)C(O)c1ccc(C(C)=O)cc1C. The highest BCUT2D eigenvalue weighted by Gasteiger charge is 2.20. The number of hydrogen-bond donors (Lipinski definition) is 1. The molecule has 0 bridgehead atoms. The van der Waals surface area contributed by atoms with E-state index in [9.17, 15) is 14.7 Å². The van der Waals surface area contributed by atoms with Crippen molar-refractivity contribution < 1.29 is 19.4 Å². The second-order valence-corrected chi connectivity index (χ2v) is 3.55. The fourth-order valence-corrected chi connectivity index (χ4v) is 1.44. The average Bonchev–Trinajstić information content (AvgIpc) is 2.26. The van der Waals surface area contributed by atoms with Crippen LogP contribution in [-0.4, -0.2) is 24.0 Å². The predicted molar refractivity (Wildman–Crippen MR) is 58.2 cm³/mol. The van der Waals surface area contributed by atoms with Crippen molar-refractivity contribution in [2.45, 2.75) is 20.0 Å². The number of aliphatic hydroxyl groups is 1. The summed E-state index contributed by atoms with van der Waals surface area (Å²) in [5.74, 6) is -0.763. The van der Waals surface area contributed by atoms with E-state index in [4.69, 9.17) is 0 Å². The van der Waals surface area contributed by atoms with Gasteiger partial charge in [0.15, 0.2) is 11.9 Å². The van der Waals surface area contributed by atoms with Crippen LogP contribution >= 0.6 is 0 Å². The number of rotatable bonds is 3. The van der Waals surface area contributed by atoms with Crippen LogP contribution < -0.4 is 0 Å². The molecule has 0 fully saturated rings. The minimum absolute atomic E-state index is 0.0535. The molecule has 0 saturated carbocycles. The number of esters is 1. The molecule has 1 atom stereocenters. The first kappa shape index (κ1) is 12.4. The first-order valence-corrected chi connectivity index (χ1v) is 4.84. The second kappa shape index (κ2) is 4.90. The van der Waals surface area contributed by atoms with Crippen molar-refractivity contribution in [3.63, 3.8) is 0 Å². The Balaban J connectivity index is 3.08. The zero-order valence-electron chi connectivity index (χ0n) is 9.48. The molecular weight excluding hydrogens is 208 g/mol. The summed E-state index contributed by atoms with van der Waals surface area (Å²) in [4.78, 5) is 22.3. The van der Waals surface area contributed by atoms with Crippen molar-refractivity contribution in [2.75, 3.05) is 7.11 Å². The molecule has 1 aromatic carbocycles. The maximum Gasteiger partial charge on any atom is 0.339 e. The van der Waals surface area contributed by atoms with E-state index in [1.54, 1.807) is 25.1 Å². The number of carbonyl (C=O) groups excluding carboxylic acids is 2. The van der Waals surface area contributed by atoms with Crippen molar-refractivity contribution in [1.82, 2.24) is 0 Å². The summed E-state index contributed by atoms with van der Waals surface area (Å²) < 4.78 is 4.44. The van der Waals surface area contributed by atoms with Crippen molar-refractivity contribution in [3.8, 4) is 0 Å². The highest BCUT2D eigenvalue weighted by Crippen LogP contribution is 2.20. The number of carbonyl (C=O) groups is 2. The van der Waals surface area contributed by atoms with Gasteiger partial charge < -0.3 is 9.84 Å². The summed E-state index contributed by atoms with van der Waals surface area (Å²) >= 11 is 0. The van der Waals surface area contributed by atoms with E-state index < -0.39 is 12.1 Å². The molecule has 4 heteroatoms. The lowest BCUT2D eigenvalue weighted by molar-refractivity contribution is -0.150. The Morgan fingerprint density at radius 1 is 1.38 bits per heavy atom. The van der Waals surface area contributed by atoms with Gasteiger partial charge in [0.1, 0.15) is 0 Å². The molecule has 16 heavy (non-hydrogen) atoms. The Morgan fingerprint density at radius 3 is 2.44 bits per heavy atom. The third-order valence-electron chi connectivity index (χ3n) is 2.40. The number of benzene rings is 1. The average molecular weight is 222 g/mol. The van der Waals surface area contributed by atoms with Crippen LogP contribution in [-0.2, 0) is 9.53 Å². The number of methoxy groups -OCH3 is 1. The zero-order valence-corrected chi connectivity index (χ0v) is 9.48. The van der Waals surface area contributed by atoms with Crippen LogP contribution in [0.1, 0.15) is 34.5 Å². The molecule has 0 amide bonds. The van der Waals surface area contributed by atoms with Gasteiger partial charge in [0.2, 0.25) is 0 Å². The van der Waals surface area contributed by atoms with E-state index in [1.165, 1.54) is 14.0 Å². The topological polar surface area (TPSA) is 63.6 Å². The zero-order chi connectivity index (χ0) is 12.3. The standard InChI is InChI=1S/C12H14O4/c1-7-6-9(8(2)13)4-5-10(7)11(14)12(15)16-3/h4-6,11,14H,1-3H3. The lowest BCUT2D eigenvalue weighted by Gasteiger charge is -2.12. The van der Waals surface area contributed by atoms with Gasteiger partial charge in [0.25, 0.3) is 0 Å². The molecule has 1 unspecified atom stereocenters. The van der Waals surface area contributed by atoms with Crippen LogP contribution in [0, 0.1) is 6.92 Å². The number of aryl methyl sites for hydroxylation is 1. The largest absolute Gasteiger partial charge is 0.467 e. The Kier molecular flexibility index (Phi) is 3.79. The number of Topliss-reactive ketones (excluding diaryl/α,β-unsaturated/α-hetero) is 1. The Hall–Kier alpha value is -1.68. The van der Waals surface area contributed by atoms with Gasteiger partial charge in [-0.3, -0.25) is 4.79 Å². The molecule has 1 N–H and O–H groups in total. The van der Waals surface area contributed by atoms with E-state index in [1.807, 2.05) is 0 Å². The predicted octanol–water partition coefficient (Wildman–Crippen LogP) is 1.40. The lowest BCUT2D eigenvalue weighted by atomic mass is 9.99. The van der Waals surface area contributed by atoms with Gasteiger partial charge >= 0.3 is 5.97 Å². The lowest BCUT2D eigenvalue weighted by Crippen LogP contribution is -2.14. The third-order valence-corrected chi connectivity index (χ3v) is 2.40. The van der Waals surface area contributed by atoms with E-state index >= 15 is 0 Å². The van der Waals surface area contributed by atoms with Gasteiger partial charge in [-0.25, -0.2) is 4.79 Å². The smallest absolute Gasteiger partial charge is 0.339 e. The first-order chi connectivity index (χ1) is 7.47. The van der Waals surface area contributed by atoms with Gasteiger partial charge in [-0.2, -0.15) is 0 Å². The Bertz CT molecular complexity index is 423. The number of aliphatic hydroxyl groups excluding tert-OH is 1. The van der Waals surface area contributed by atoms with E-state index in [0.717, 1.165) is 0 Å². The molecule has 0 aliphatic heterocycles. The molecule has 0 aliphatic rings. The Labute approximate surface area is 93.9 Å². The van der Waals surface area contributed by atoms with Crippen molar-refractivity contribution in [2.24, 2.45) is 0 Å². The summed E-state index contributed by atoms with van der Waals surface area (Å²) in [5, 5.41) is 9.64. The van der Waals surface area contributed by atoms with E-state index in [-0.39, 0.29) is 5.78 Å². The van der Waals surface area contributed by atoms with Crippen molar-refractivity contribution in [1.29, 1.82) is 0 Å². The number of ketones is 1. The molecule has 0 radical (unpaired) electrons. The van der Waals surface area contributed by atoms with Crippen LogP contribution in [0.4, 0.5) is 0 Å². The summed E-state index contributed by atoms with van der Waals surface area (Å²) in [7, 11) is 1.21. The fourth-order valence-electron chi connectivity index (χ4n) is 1.44. The number of ether oxygens (including phenoxy) is 1. The highest BCUT2D eigenvalue weighted by molar-refractivity contribution is 5.94. The number of hydrogen-bond acceptors (Lipinski definition) is 4. The van der Waals surface area contributed by atoms with E-state index in [2.05, 4.69) is 4.74 Å². The molecular formula is C12H14O4. The second-order valence-electron chi connectivity index (χ2n) is 3.55. The summed E-state index contributed by atoms with van der Waals surface area (Å²) in [6.45, 7) is 3.19. The van der Waals surface area contributed by atoms with Crippen LogP contribution in [0.2, 0.25) is 0 Å². The molecule has 1 rings (SSSR count). The summed E-state index contributed by atoms with van der Waals surface area (Å²) in [6, 6.07) is 4.79. The summed E-state index contributed by atoms with van der Waals surface area (Å²) in [6.07, 6.45) is -1.30. The maximum atomic E-state index is 11.1. The maximum absolute atomic E-state index is 11.1. The molecule has 0 heterocycles.